The van der Waals surface area contributed by atoms with Crippen molar-refractivity contribution in [1.29, 1.82) is 0 Å². The van der Waals surface area contributed by atoms with Crippen molar-refractivity contribution in [3.05, 3.63) is 65.7 Å². The van der Waals surface area contributed by atoms with Crippen molar-refractivity contribution in [1.82, 2.24) is 9.62 Å². The van der Waals surface area contributed by atoms with E-state index in [1.807, 2.05) is 23.1 Å². The van der Waals surface area contributed by atoms with Gasteiger partial charge in [0.25, 0.3) is 0 Å². The Labute approximate surface area is 178 Å². The van der Waals surface area contributed by atoms with Gasteiger partial charge in [0.15, 0.2) is 5.78 Å². The monoisotopic (exact) mass is 428 g/mol. The minimum absolute atomic E-state index is 0.0318. The zero-order valence-corrected chi connectivity index (χ0v) is 18.0. The highest BCUT2D eigenvalue weighted by molar-refractivity contribution is 7.89. The lowest BCUT2D eigenvalue weighted by atomic mass is 9.90. The summed E-state index contributed by atoms with van der Waals surface area (Å²) in [5.41, 5.74) is 1.66. The molecule has 1 aliphatic heterocycles. The number of Topliss-reactive ketones (excluding diaryl/α,β-unsaturated/α-hetero) is 1. The molecule has 2 aromatic carbocycles. The molecular weight excluding hydrogens is 400 g/mol. The molecule has 0 spiro atoms. The van der Waals surface area contributed by atoms with E-state index in [4.69, 9.17) is 0 Å². The molecule has 1 fully saturated rings. The van der Waals surface area contributed by atoms with E-state index in [2.05, 4.69) is 16.9 Å². The molecule has 2 aromatic rings. The van der Waals surface area contributed by atoms with E-state index in [-0.39, 0.29) is 29.6 Å². The third kappa shape index (κ3) is 6.00. The van der Waals surface area contributed by atoms with Crippen molar-refractivity contribution in [3.63, 3.8) is 0 Å². The Bertz CT molecular complexity index is 981. The van der Waals surface area contributed by atoms with Gasteiger partial charge in [0.1, 0.15) is 0 Å². The van der Waals surface area contributed by atoms with Gasteiger partial charge in [-0.25, -0.2) is 13.1 Å². The average molecular weight is 429 g/mol. The fourth-order valence-corrected chi connectivity index (χ4v) is 4.83. The quantitative estimate of drug-likeness (QED) is 0.655. The lowest BCUT2D eigenvalue weighted by Gasteiger charge is -2.32. The molecule has 0 aromatic heterocycles. The SMILES string of the molecule is CC(=O)c1cccc(S(=O)(=O)NCCC(=O)N2CCC(Cc3ccccc3)CC2)c1. The van der Waals surface area contributed by atoms with Crippen molar-refractivity contribution in [2.75, 3.05) is 19.6 Å². The number of piperidine rings is 1. The van der Waals surface area contributed by atoms with Gasteiger partial charge in [0.05, 0.1) is 4.90 Å². The van der Waals surface area contributed by atoms with E-state index in [1.165, 1.54) is 30.7 Å². The van der Waals surface area contributed by atoms with Gasteiger partial charge < -0.3 is 4.90 Å². The summed E-state index contributed by atoms with van der Waals surface area (Å²) in [5.74, 6) is 0.342. The number of nitrogens with zero attached hydrogens (tertiary/aromatic N) is 1. The molecule has 1 saturated heterocycles. The Balaban J connectivity index is 1.45. The molecule has 6 nitrogen and oxygen atoms in total. The lowest BCUT2D eigenvalue weighted by Crippen LogP contribution is -2.40. The number of carbonyl (C=O) groups is 2. The van der Waals surface area contributed by atoms with Crippen LogP contribution in [-0.4, -0.2) is 44.6 Å². The largest absolute Gasteiger partial charge is 0.343 e. The minimum Gasteiger partial charge on any atom is -0.343 e. The Morgan fingerprint density at radius 1 is 1.03 bits per heavy atom. The standard InChI is InChI=1S/C23H28N2O4S/c1-18(26)21-8-5-9-22(17-21)30(28,29)24-13-10-23(27)25-14-11-20(12-15-25)16-19-6-3-2-4-7-19/h2-9,17,20,24H,10-16H2,1H3. The maximum atomic E-state index is 12.5. The van der Waals surface area contributed by atoms with E-state index in [0.29, 0.717) is 24.6 Å². The number of sulfonamides is 1. The molecule has 30 heavy (non-hydrogen) atoms. The molecule has 3 rings (SSSR count). The van der Waals surface area contributed by atoms with Gasteiger partial charge in [-0.05, 0) is 49.8 Å². The number of ketones is 1. The molecule has 1 amide bonds. The number of nitrogens with one attached hydrogen (secondary N) is 1. The summed E-state index contributed by atoms with van der Waals surface area (Å²) in [4.78, 5) is 25.8. The molecule has 1 N–H and O–H groups in total. The first kappa shape index (κ1) is 22.2. The molecule has 0 aliphatic carbocycles. The molecular formula is C23H28N2O4S. The van der Waals surface area contributed by atoms with Crippen LogP contribution in [0.15, 0.2) is 59.5 Å². The molecule has 0 bridgehead atoms. The minimum atomic E-state index is -3.76. The van der Waals surface area contributed by atoms with Gasteiger partial charge in [0.2, 0.25) is 15.9 Å². The van der Waals surface area contributed by atoms with Crippen LogP contribution in [0.1, 0.15) is 42.1 Å². The van der Waals surface area contributed by atoms with E-state index in [9.17, 15) is 18.0 Å². The molecule has 0 unspecified atom stereocenters. The first-order chi connectivity index (χ1) is 14.3. The lowest BCUT2D eigenvalue weighted by molar-refractivity contribution is -0.132. The predicted molar refractivity (Wildman–Crippen MR) is 116 cm³/mol. The van der Waals surface area contributed by atoms with Gasteiger partial charge in [0, 0.05) is 31.6 Å². The van der Waals surface area contributed by atoms with Crippen LogP contribution >= 0.6 is 0 Å². The average Bonchev–Trinajstić information content (AvgIpc) is 2.75. The number of rotatable bonds is 8. The van der Waals surface area contributed by atoms with E-state index in [1.54, 1.807) is 6.07 Å². The first-order valence-electron chi connectivity index (χ1n) is 10.3. The number of hydrogen-bond donors (Lipinski definition) is 1. The van der Waals surface area contributed by atoms with E-state index in [0.717, 1.165) is 19.3 Å². The Morgan fingerprint density at radius 2 is 1.73 bits per heavy atom. The van der Waals surface area contributed by atoms with Gasteiger partial charge >= 0.3 is 0 Å². The highest BCUT2D eigenvalue weighted by Gasteiger charge is 2.23. The van der Waals surface area contributed by atoms with Crippen LogP contribution in [0.4, 0.5) is 0 Å². The smallest absolute Gasteiger partial charge is 0.240 e. The topological polar surface area (TPSA) is 83.5 Å². The summed E-state index contributed by atoms with van der Waals surface area (Å²) in [6.45, 7) is 2.85. The number of likely N-dealkylation sites (tertiary alicyclic amines) is 1. The van der Waals surface area contributed by atoms with Crippen LogP contribution in [0.3, 0.4) is 0 Å². The second kappa shape index (κ2) is 10.00. The normalized spacial score (nSPS) is 15.2. The molecule has 1 aliphatic rings. The summed E-state index contributed by atoms with van der Waals surface area (Å²) in [7, 11) is -3.76. The van der Waals surface area contributed by atoms with Crippen LogP contribution in [0.25, 0.3) is 0 Å². The fraction of sp³-hybridized carbons (Fsp3) is 0.391. The maximum absolute atomic E-state index is 12.5. The van der Waals surface area contributed by atoms with Crippen molar-refractivity contribution in [2.24, 2.45) is 5.92 Å². The van der Waals surface area contributed by atoms with Gasteiger partial charge in [-0.1, -0.05) is 42.5 Å². The zero-order valence-electron chi connectivity index (χ0n) is 17.2. The third-order valence-electron chi connectivity index (χ3n) is 5.52. The summed E-state index contributed by atoms with van der Waals surface area (Å²) >= 11 is 0. The molecule has 1 heterocycles. The molecule has 160 valence electrons. The summed E-state index contributed by atoms with van der Waals surface area (Å²) in [6, 6.07) is 16.3. The maximum Gasteiger partial charge on any atom is 0.240 e. The van der Waals surface area contributed by atoms with Gasteiger partial charge in [-0.2, -0.15) is 0 Å². The van der Waals surface area contributed by atoms with Crippen molar-refractivity contribution < 1.29 is 18.0 Å². The van der Waals surface area contributed by atoms with Crippen LogP contribution in [0, 0.1) is 5.92 Å². The Hall–Kier alpha value is -2.51. The van der Waals surface area contributed by atoms with Crippen LogP contribution < -0.4 is 4.72 Å². The first-order valence-corrected chi connectivity index (χ1v) is 11.8. The number of hydrogen-bond acceptors (Lipinski definition) is 4. The van der Waals surface area contributed by atoms with Gasteiger partial charge in [-0.3, -0.25) is 9.59 Å². The fourth-order valence-electron chi connectivity index (χ4n) is 3.75. The highest BCUT2D eigenvalue weighted by atomic mass is 32.2. The molecule has 0 radical (unpaired) electrons. The second-order valence-corrected chi connectivity index (χ2v) is 9.51. The van der Waals surface area contributed by atoms with Crippen LogP contribution in [-0.2, 0) is 21.2 Å². The Kier molecular flexibility index (Phi) is 7.39. The summed E-state index contributed by atoms with van der Waals surface area (Å²) in [5, 5.41) is 0. The van der Waals surface area contributed by atoms with Crippen molar-refractivity contribution in [3.8, 4) is 0 Å². The van der Waals surface area contributed by atoms with Crippen LogP contribution in [0.2, 0.25) is 0 Å². The number of benzene rings is 2. The molecule has 0 atom stereocenters. The summed E-state index contributed by atoms with van der Waals surface area (Å²) < 4.78 is 27.3. The predicted octanol–water partition coefficient (Wildman–Crippen LogP) is 3.04. The third-order valence-corrected chi connectivity index (χ3v) is 6.97. The zero-order chi connectivity index (χ0) is 21.6. The number of amides is 1. The van der Waals surface area contributed by atoms with Crippen molar-refractivity contribution >= 4 is 21.7 Å². The van der Waals surface area contributed by atoms with E-state index < -0.39 is 10.0 Å². The number of carbonyl (C=O) groups excluding carboxylic acids is 2. The summed E-state index contributed by atoms with van der Waals surface area (Å²) in [6.07, 6.45) is 3.07. The van der Waals surface area contributed by atoms with Gasteiger partial charge in [-0.15, -0.1) is 0 Å². The Morgan fingerprint density at radius 3 is 2.40 bits per heavy atom. The van der Waals surface area contributed by atoms with Crippen LogP contribution in [0.5, 0.6) is 0 Å². The second-order valence-electron chi connectivity index (χ2n) is 7.75. The van der Waals surface area contributed by atoms with E-state index >= 15 is 0 Å². The van der Waals surface area contributed by atoms with Crippen molar-refractivity contribution in [2.45, 2.75) is 37.5 Å². The highest BCUT2D eigenvalue weighted by Crippen LogP contribution is 2.22. The molecule has 7 heteroatoms. The molecule has 0 saturated carbocycles.